The first-order valence-electron chi connectivity index (χ1n) is 10.8. The Bertz CT molecular complexity index is 1240. The van der Waals surface area contributed by atoms with E-state index in [9.17, 15) is 14.7 Å². The van der Waals surface area contributed by atoms with Gasteiger partial charge >= 0.3 is 0 Å². The van der Waals surface area contributed by atoms with E-state index in [1.54, 1.807) is 24.3 Å². The first-order chi connectivity index (χ1) is 15.8. The molecule has 0 spiro atoms. The Labute approximate surface area is 192 Å². The summed E-state index contributed by atoms with van der Waals surface area (Å²) in [5.41, 5.74) is 2.13. The standard InChI is InChI=1S/C26H27NO6/c1-15(2)32-12-11-27-22(17-8-5-7-16(3)13-17)21(24(29)26(27)30)23(28)20-14-18-9-6-10-19(31-4)25(18)33-20/h5-10,13-15,22,29H,11-12H2,1-4H3. The van der Waals surface area contributed by atoms with Crippen molar-refractivity contribution in [2.24, 2.45) is 0 Å². The lowest BCUT2D eigenvalue weighted by Crippen LogP contribution is -2.34. The molecule has 2 heterocycles. The number of amides is 1. The molecule has 1 aromatic heterocycles. The number of nitrogens with zero attached hydrogens (tertiary/aromatic N) is 1. The van der Waals surface area contributed by atoms with Crippen LogP contribution >= 0.6 is 0 Å². The van der Waals surface area contributed by atoms with E-state index < -0.39 is 23.5 Å². The van der Waals surface area contributed by atoms with Gasteiger partial charge in [0.1, 0.15) is 0 Å². The predicted molar refractivity (Wildman–Crippen MR) is 123 cm³/mol. The van der Waals surface area contributed by atoms with Crippen LogP contribution < -0.4 is 4.74 Å². The van der Waals surface area contributed by atoms with Gasteiger partial charge in [-0.1, -0.05) is 42.0 Å². The molecule has 172 valence electrons. The van der Waals surface area contributed by atoms with Crippen molar-refractivity contribution in [2.45, 2.75) is 32.9 Å². The van der Waals surface area contributed by atoms with Crippen LogP contribution in [0, 0.1) is 6.92 Å². The summed E-state index contributed by atoms with van der Waals surface area (Å²) < 4.78 is 16.8. The summed E-state index contributed by atoms with van der Waals surface area (Å²) in [6.07, 6.45) is -0.00619. The van der Waals surface area contributed by atoms with Crippen LogP contribution in [-0.2, 0) is 9.53 Å². The van der Waals surface area contributed by atoms with Gasteiger partial charge in [-0.2, -0.15) is 0 Å². The highest BCUT2D eigenvalue weighted by Gasteiger charge is 2.44. The lowest BCUT2D eigenvalue weighted by atomic mass is 9.94. The monoisotopic (exact) mass is 449 g/mol. The number of ether oxygens (including phenoxy) is 2. The number of para-hydroxylation sites is 1. The molecule has 7 heteroatoms. The summed E-state index contributed by atoms with van der Waals surface area (Å²) in [7, 11) is 1.52. The van der Waals surface area contributed by atoms with Crippen LogP contribution in [-0.4, -0.2) is 48.1 Å². The minimum absolute atomic E-state index is 0.00619. The molecular weight excluding hydrogens is 422 g/mol. The maximum Gasteiger partial charge on any atom is 0.290 e. The topological polar surface area (TPSA) is 89.2 Å². The Morgan fingerprint density at radius 1 is 1.18 bits per heavy atom. The second-order valence-electron chi connectivity index (χ2n) is 8.32. The number of benzene rings is 2. The molecule has 1 atom stereocenters. The zero-order chi connectivity index (χ0) is 23.7. The molecule has 1 aliphatic rings. The summed E-state index contributed by atoms with van der Waals surface area (Å²) in [5.74, 6) is -1.19. The molecule has 33 heavy (non-hydrogen) atoms. The molecule has 1 N–H and O–H groups in total. The third kappa shape index (κ3) is 4.24. The molecule has 0 fully saturated rings. The van der Waals surface area contributed by atoms with Gasteiger partial charge in [0.05, 0.1) is 31.4 Å². The van der Waals surface area contributed by atoms with Gasteiger partial charge in [-0.05, 0) is 38.5 Å². The van der Waals surface area contributed by atoms with Gasteiger partial charge < -0.3 is 23.9 Å². The highest BCUT2D eigenvalue weighted by molar-refractivity contribution is 6.16. The maximum absolute atomic E-state index is 13.6. The SMILES string of the molecule is COc1cccc2cc(C(=O)C3=C(O)C(=O)N(CCOC(C)C)C3c3cccc(C)c3)oc12. The normalized spacial score (nSPS) is 16.3. The van der Waals surface area contributed by atoms with E-state index in [0.29, 0.717) is 16.7 Å². The summed E-state index contributed by atoms with van der Waals surface area (Å²) in [5, 5.41) is 11.5. The van der Waals surface area contributed by atoms with Gasteiger partial charge in [-0.15, -0.1) is 0 Å². The first kappa shape index (κ1) is 22.6. The van der Waals surface area contributed by atoms with Crippen molar-refractivity contribution in [3.8, 4) is 5.75 Å². The molecule has 0 saturated carbocycles. The molecule has 1 unspecified atom stereocenters. The van der Waals surface area contributed by atoms with E-state index in [0.717, 1.165) is 11.1 Å². The molecule has 7 nitrogen and oxygen atoms in total. The Morgan fingerprint density at radius 3 is 2.64 bits per heavy atom. The number of ketones is 1. The number of carbonyl (C=O) groups is 2. The number of hydrogen-bond donors (Lipinski definition) is 1. The van der Waals surface area contributed by atoms with Crippen molar-refractivity contribution < 1.29 is 28.6 Å². The summed E-state index contributed by atoms with van der Waals surface area (Å²) >= 11 is 0. The zero-order valence-corrected chi connectivity index (χ0v) is 19.1. The lowest BCUT2D eigenvalue weighted by Gasteiger charge is -2.27. The van der Waals surface area contributed by atoms with E-state index in [4.69, 9.17) is 13.9 Å². The maximum atomic E-state index is 13.6. The second kappa shape index (κ2) is 9.11. The molecule has 1 aliphatic heterocycles. The van der Waals surface area contributed by atoms with Crippen LogP contribution in [0.15, 0.2) is 64.3 Å². The van der Waals surface area contributed by atoms with E-state index in [1.165, 1.54) is 12.0 Å². The van der Waals surface area contributed by atoms with Gasteiger partial charge in [0.2, 0.25) is 5.78 Å². The number of aliphatic hydroxyl groups excluding tert-OH is 1. The largest absolute Gasteiger partial charge is 0.503 e. The quantitative estimate of drug-likeness (QED) is 0.499. The van der Waals surface area contributed by atoms with Crippen molar-refractivity contribution in [3.05, 3.63) is 76.8 Å². The van der Waals surface area contributed by atoms with Gasteiger partial charge in [0.15, 0.2) is 22.9 Å². The van der Waals surface area contributed by atoms with Crippen LogP contribution in [0.4, 0.5) is 0 Å². The van der Waals surface area contributed by atoms with E-state index >= 15 is 0 Å². The highest BCUT2D eigenvalue weighted by atomic mass is 16.5. The predicted octanol–water partition coefficient (Wildman–Crippen LogP) is 4.75. The number of aliphatic hydroxyl groups is 1. The third-order valence-corrected chi connectivity index (χ3v) is 5.64. The molecule has 0 saturated heterocycles. The smallest absolute Gasteiger partial charge is 0.290 e. The average molecular weight is 450 g/mol. The van der Waals surface area contributed by atoms with Crippen LogP contribution in [0.2, 0.25) is 0 Å². The number of furan rings is 1. The average Bonchev–Trinajstić information content (AvgIpc) is 3.33. The number of methoxy groups -OCH3 is 1. The number of rotatable bonds is 8. The van der Waals surface area contributed by atoms with Crippen LogP contribution in [0.5, 0.6) is 5.75 Å². The summed E-state index contributed by atoms with van der Waals surface area (Å²) in [6, 6.07) is 13.7. The van der Waals surface area contributed by atoms with Crippen LogP contribution in [0.3, 0.4) is 0 Å². The number of aryl methyl sites for hydroxylation is 1. The van der Waals surface area contributed by atoms with Gasteiger partial charge in [-0.3, -0.25) is 9.59 Å². The summed E-state index contributed by atoms with van der Waals surface area (Å²) in [4.78, 5) is 28.1. The Kier molecular flexibility index (Phi) is 6.24. The van der Waals surface area contributed by atoms with Crippen molar-refractivity contribution in [3.63, 3.8) is 0 Å². The highest BCUT2D eigenvalue weighted by Crippen LogP contribution is 2.40. The molecule has 0 bridgehead atoms. The molecule has 4 rings (SSSR count). The minimum atomic E-state index is -0.754. The zero-order valence-electron chi connectivity index (χ0n) is 19.1. The van der Waals surface area contributed by atoms with Gasteiger partial charge in [-0.25, -0.2) is 0 Å². The number of hydrogen-bond acceptors (Lipinski definition) is 6. The van der Waals surface area contributed by atoms with E-state index in [1.807, 2.05) is 45.0 Å². The summed E-state index contributed by atoms with van der Waals surface area (Å²) in [6.45, 7) is 6.25. The van der Waals surface area contributed by atoms with Gasteiger partial charge in [0, 0.05) is 11.9 Å². The van der Waals surface area contributed by atoms with Crippen molar-refractivity contribution in [1.82, 2.24) is 4.90 Å². The fourth-order valence-electron chi connectivity index (χ4n) is 4.13. The number of Topliss-reactive ketones (excluding diaryl/α,β-unsaturated/α-hetero) is 1. The van der Waals surface area contributed by atoms with Gasteiger partial charge in [0.25, 0.3) is 5.91 Å². The van der Waals surface area contributed by atoms with Crippen LogP contribution in [0.25, 0.3) is 11.0 Å². The van der Waals surface area contributed by atoms with Crippen LogP contribution in [0.1, 0.15) is 41.6 Å². The number of carbonyl (C=O) groups excluding carboxylic acids is 2. The Morgan fingerprint density at radius 2 is 1.94 bits per heavy atom. The van der Waals surface area contributed by atoms with Crippen molar-refractivity contribution in [1.29, 1.82) is 0 Å². The lowest BCUT2D eigenvalue weighted by molar-refractivity contribution is -0.130. The third-order valence-electron chi connectivity index (χ3n) is 5.64. The molecule has 3 aromatic rings. The molecule has 0 aliphatic carbocycles. The fourth-order valence-corrected chi connectivity index (χ4v) is 4.13. The first-order valence-corrected chi connectivity index (χ1v) is 10.8. The van der Waals surface area contributed by atoms with E-state index in [2.05, 4.69) is 0 Å². The fraction of sp³-hybridized carbons (Fsp3) is 0.308. The molecule has 0 radical (unpaired) electrons. The molecule has 2 aromatic carbocycles. The Hall–Kier alpha value is -3.58. The second-order valence-corrected chi connectivity index (χ2v) is 8.32. The Balaban J connectivity index is 1.77. The number of fused-ring (bicyclic) bond motifs is 1. The van der Waals surface area contributed by atoms with E-state index in [-0.39, 0.29) is 30.6 Å². The molecule has 1 amide bonds. The van der Waals surface area contributed by atoms with Crippen molar-refractivity contribution >= 4 is 22.7 Å². The van der Waals surface area contributed by atoms with Crippen molar-refractivity contribution in [2.75, 3.05) is 20.3 Å². The molecular formula is C26H27NO6. The minimum Gasteiger partial charge on any atom is -0.503 e.